The SMILES string of the molecule is COC(=O)c1c(NC(=O)CSc2nnc(-c3ccco3)n2C[C@@H]2CCCO2)sc(C(N)=O)c1C. The van der Waals surface area contributed by atoms with Gasteiger partial charge in [0.2, 0.25) is 11.7 Å². The number of rotatable bonds is 9. The Hall–Kier alpha value is -3.16. The summed E-state index contributed by atoms with van der Waals surface area (Å²) >= 11 is 2.13. The lowest BCUT2D eigenvalue weighted by Crippen LogP contribution is -2.18. The molecule has 0 bridgehead atoms. The number of nitrogens with one attached hydrogen (secondary N) is 1. The molecule has 13 heteroatoms. The van der Waals surface area contributed by atoms with Crippen LogP contribution in [0, 0.1) is 6.92 Å². The van der Waals surface area contributed by atoms with Crippen molar-refractivity contribution in [2.24, 2.45) is 5.73 Å². The number of hydrogen-bond acceptors (Lipinski definition) is 10. The highest BCUT2D eigenvalue weighted by molar-refractivity contribution is 7.99. The van der Waals surface area contributed by atoms with Gasteiger partial charge in [0.1, 0.15) is 5.00 Å². The Morgan fingerprint density at radius 2 is 2.21 bits per heavy atom. The predicted octanol–water partition coefficient (Wildman–Crippen LogP) is 2.70. The standard InChI is InChI=1S/C21H23N5O6S2/c1-11-15(20(29)30-2)19(34-16(11)17(22)28)23-14(27)10-33-21-25-24-18(13-6-4-8-32-13)26(21)9-12-5-3-7-31-12/h4,6,8,12H,3,5,7,9-10H2,1-2H3,(H2,22,28)(H,23,27)/t12-/m0/s1. The number of ether oxygens (including phenoxy) is 2. The minimum atomic E-state index is -0.685. The van der Waals surface area contributed by atoms with Gasteiger partial charge in [-0.15, -0.1) is 21.5 Å². The van der Waals surface area contributed by atoms with Crippen LogP contribution in [0.1, 0.15) is 38.4 Å². The Morgan fingerprint density at radius 3 is 2.85 bits per heavy atom. The Balaban J connectivity index is 1.51. The van der Waals surface area contributed by atoms with Crippen molar-refractivity contribution in [3.63, 3.8) is 0 Å². The number of methoxy groups -OCH3 is 1. The van der Waals surface area contributed by atoms with Crippen LogP contribution in [0.2, 0.25) is 0 Å². The van der Waals surface area contributed by atoms with E-state index in [0.29, 0.717) is 35.5 Å². The first-order valence-electron chi connectivity index (χ1n) is 10.4. The first kappa shape index (κ1) is 24.0. The molecule has 0 unspecified atom stereocenters. The van der Waals surface area contributed by atoms with E-state index in [-0.39, 0.29) is 27.3 Å². The minimum absolute atomic E-state index is 0.00865. The molecule has 11 nitrogen and oxygen atoms in total. The molecule has 1 atom stereocenters. The van der Waals surface area contributed by atoms with Crippen LogP contribution in [0.4, 0.5) is 5.00 Å². The molecule has 1 aliphatic heterocycles. The van der Waals surface area contributed by atoms with Gasteiger partial charge in [0.05, 0.1) is 42.2 Å². The second-order valence-corrected chi connectivity index (χ2v) is 9.45. The van der Waals surface area contributed by atoms with Crippen molar-refractivity contribution in [3.05, 3.63) is 34.4 Å². The van der Waals surface area contributed by atoms with E-state index in [1.165, 1.54) is 18.9 Å². The molecule has 4 rings (SSSR count). The zero-order chi connectivity index (χ0) is 24.2. The zero-order valence-corrected chi connectivity index (χ0v) is 20.2. The number of amides is 2. The van der Waals surface area contributed by atoms with Crippen LogP contribution in [0.5, 0.6) is 0 Å². The van der Waals surface area contributed by atoms with Crippen LogP contribution >= 0.6 is 23.1 Å². The molecular weight excluding hydrogens is 482 g/mol. The van der Waals surface area contributed by atoms with Gasteiger partial charge >= 0.3 is 5.97 Å². The van der Waals surface area contributed by atoms with E-state index >= 15 is 0 Å². The third-order valence-electron chi connectivity index (χ3n) is 5.21. The fraction of sp³-hybridized carbons (Fsp3) is 0.381. The van der Waals surface area contributed by atoms with Crippen molar-refractivity contribution in [3.8, 4) is 11.6 Å². The average molecular weight is 506 g/mol. The molecule has 0 saturated carbocycles. The molecule has 3 N–H and O–H groups in total. The lowest BCUT2D eigenvalue weighted by Gasteiger charge is -2.14. The van der Waals surface area contributed by atoms with Gasteiger partial charge in [-0.05, 0) is 37.5 Å². The van der Waals surface area contributed by atoms with Gasteiger partial charge in [-0.2, -0.15) is 0 Å². The number of nitrogens with zero attached hydrogens (tertiary/aromatic N) is 3. The number of thiophene rings is 1. The molecule has 0 radical (unpaired) electrons. The van der Waals surface area contributed by atoms with Crippen molar-refractivity contribution in [1.82, 2.24) is 14.8 Å². The lowest BCUT2D eigenvalue weighted by atomic mass is 10.1. The number of aromatic nitrogens is 3. The molecule has 34 heavy (non-hydrogen) atoms. The maximum Gasteiger partial charge on any atom is 0.341 e. The second kappa shape index (κ2) is 10.4. The first-order chi connectivity index (χ1) is 16.4. The van der Waals surface area contributed by atoms with E-state index < -0.39 is 17.8 Å². The van der Waals surface area contributed by atoms with Crippen molar-refractivity contribution in [2.45, 2.75) is 37.6 Å². The van der Waals surface area contributed by atoms with Crippen LogP contribution in [0.3, 0.4) is 0 Å². The lowest BCUT2D eigenvalue weighted by molar-refractivity contribution is -0.113. The van der Waals surface area contributed by atoms with Gasteiger partial charge in [0.25, 0.3) is 5.91 Å². The van der Waals surface area contributed by atoms with Crippen LogP contribution in [0.15, 0.2) is 28.0 Å². The number of primary amides is 1. The topological polar surface area (TPSA) is 152 Å². The summed E-state index contributed by atoms with van der Waals surface area (Å²) in [4.78, 5) is 36.8. The third-order valence-corrected chi connectivity index (χ3v) is 7.40. The summed E-state index contributed by atoms with van der Waals surface area (Å²) in [6.07, 6.45) is 3.50. The van der Waals surface area contributed by atoms with Gasteiger partial charge in [0, 0.05) is 6.61 Å². The van der Waals surface area contributed by atoms with E-state index in [9.17, 15) is 14.4 Å². The highest BCUT2D eigenvalue weighted by atomic mass is 32.2. The number of nitrogens with two attached hydrogens (primary N) is 1. The van der Waals surface area contributed by atoms with E-state index in [4.69, 9.17) is 19.6 Å². The molecule has 3 aromatic heterocycles. The second-order valence-electron chi connectivity index (χ2n) is 7.48. The molecule has 1 saturated heterocycles. The zero-order valence-electron chi connectivity index (χ0n) is 18.5. The number of furan rings is 1. The average Bonchev–Trinajstić information content (AvgIpc) is 3.60. The summed E-state index contributed by atoms with van der Waals surface area (Å²) in [5, 5.41) is 11.9. The van der Waals surface area contributed by atoms with Crippen LogP contribution in [-0.2, 0) is 20.8 Å². The fourth-order valence-corrected chi connectivity index (χ4v) is 5.43. The summed E-state index contributed by atoms with van der Waals surface area (Å²) in [5.41, 5.74) is 5.88. The van der Waals surface area contributed by atoms with Crippen molar-refractivity contribution >= 4 is 45.9 Å². The highest BCUT2D eigenvalue weighted by Crippen LogP contribution is 2.34. The normalized spacial score (nSPS) is 15.4. The highest BCUT2D eigenvalue weighted by Gasteiger charge is 2.26. The van der Waals surface area contributed by atoms with Crippen LogP contribution < -0.4 is 11.1 Å². The van der Waals surface area contributed by atoms with E-state index in [1.54, 1.807) is 25.3 Å². The molecule has 1 fully saturated rings. The van der Waals surface area contributed by atoms with Gasteiger partial charge in [0.15, 0.2) is 10.9 Å². The molecule has 0 aliphatic carbocycles. The monoisotopic (exact) mass is 505 g/mol. The summed E-state index contributed by atoms with van der Waals surface area (Å²) in [6.45, 7) is 2.83. The van der Waals surface area contributed by atoms with Gasteiger partial charge in [-0.3, -0.25) is 14.2 Å². The molecule has 0 spiro atoms. The van der Waals surface area contributed by atoms with Crippen LogP contribution in [0.25, 0.3) is 11.6 Å². The number of carbonyl (C=O) groups excluding carboxylic acids is 3. The maximum absolute atomic E-state index is 12.7. The summed E-state index contributed by atoms with van der Waals surface area (Å²) < 4.78 is 17.9. The number of anilines is 1. The fourth-order valence-electron chi connectivity index (χ4n) is 3.62. The number of hydrogen-bond donors (Lipinski definition) is 2. The molecule has 3 aromatic rings. The maximum atomic E-state index is 12.7. The predicted molar refractivity (Wildman–Crippen MR) is 125 cm³/mol. The molecule has 2 amide bonds. The van der Waals surface area contributed by atoms with Gasteiger partial charge in [-0.1, -0.05) is 11.8 Å². The van der Waals surface area contributed by atoms with Crippen molar-refractivity contribution in [2.75, 3.05) is 24.8 Å². The van der Waals surface area contributed by atoms with Gasteiger partial charge in [-0.25, -0.2) is 4.79 Å². The Labute approximate surface area is 203 Å². The molecule has 0 aromatic carbocycles. The van der Waals surface area contributed by atoms with Crippen molar-refractivity contribution in [1.29, 1.82) is 0 Å². The summed E-state index contributed by atoms with van der Waals surface area (Å²) in [6, 6.07) is 3.56. The number of esters is 1. The Kier molecular flexibility index (Phi) is 7.34. The van der Waals surface area contributed by atoms with Crippen LogP contribution in [-0.4, -0.2) is 58.1 Å². The smallest absolute Gasteiger partial charge is 0.341 e. The Bertz CT molecular complexity index is 1200. The molecule has 1 aliphatic rings. The summed E-state index contributed by atoms with van der Waals surface area (Å²) in [7, 11) is 1.22. The van der Waals surface area contributed by atoms with Gasteiger partial charge < -0.3 is 24.9 Å². The quantitative estimate of drug-likeness (QED) is 0.330. The van der Waals surface area contributed by atoms with Crippen molar-refractivity contribution < 1.29 is 28.3 Å². The van der Waals surface area contributed by atoms with E-state index in [0.717, 1.165) is 24.2 Å². The molecule has 180 valence electrons. The van der Waals surface area contributed by atoms with E-state index in [2.05, 4.69) is 15.5 Å². The first-order valence-corrected chi connectivity index (χ1v) is 12.2. The van der Waals surface area contributed by atoms with E-state index in [1.807, 2.05) is 4.57 Å². The summed E-state index contributed by atoms with van der Waals surface area (Å²) in [5.74, 6) is -0.628. The third kappa shape index (κ3) is 5.00. The minimum Gasteiger partial charge on any atom is -0.465 e. The largest absolute Gasteiger partial charge is 0.465 e. The Morgan fingerprint density at radius 1 is 1.38 bits per heavy atom. The molecule has 4 heterocycles. The number of carbonyl (C=O) groups is 3. The number of thioether (sulfide) groups is 1. The molecular formula is C21H23N5O6S2.